The number of nitrogens with zero attached hydrogens (tertiary/aromatic N) is 2. The molecule has 1 aromatic rings. The van der Waals surface area contributed by atoms with Crippen LogP contribution < -0.4 is 10.6 Å². The van der Waals surface area contributed by atoms with Gasteiger partial charge < -0.3 is 15.2 Å². The lowest BCUT2D eigenvalue weighted by molar-refractivity contribution is 0.753. The summed E-state index contributed by atoms with van der Waals surface area (Å²) in [6, 6.07) is 0. The fourth-order valence-corrected chi connectivity index (χ4v) is 1.63. The van der Waals surface area contributed by atoms with Crippen LogP contribution >= 0.6 is 24.4 Å². The van der Waals surface area contributed by atoms with Gasteiger partial charge in [-0.2, -0.15) is 0 Å². The zero-order chi connectivity index (χ0) is 11.4. The summed E-state index contributed by atoms with van der Waals surface area (Å²) in [7, 11) is 3.57. The molecule has 0 aliphatic rings. The second kappa shape index (κ2) is 5.18. The number of hydrogen-bond donors (Lipinski definition) is 2. The maximum absolute atomic E-state index is 5.22. The second-order valence-electron chi connectivity index (χ2n) is 2.89. The summed E-state index contributed by atoms with van der Waals surface area (Å²) in [6.07, 6.45) is 1.75. The molecular weight excluding hydrogens is 228 g/mol. The van der Waals surface area contributed by atoms with Gasteiger partial charge in [0.1, 0.15) is 21.4 Å². The summed E-state index contributed by atoms with van der Waals surface area (Å²) < 4.78 is 1.97. The third-order valence-corrected chi connectivity index (χ3v) is 2.86. The molecule has 0 spiro atoms. The molecule has 0 aliphatic carbocycles. The summed E-state index contributed by atoms with van der Waals surface area (Å²) in [5, 5.41) is 5.85. The zero-order valence-corrected chi connectivity index (χ0v) is 10.6. The minimum atomic E-state index is 0.606. The lowest BCUT2D eigenvalue weighted by atomic mass is 10.3. The van der Waals surface area contributed by atoms with Crippen LogP contribution in [-0.2, 0) is 6.54 Å². The average Bonchev–Trinajstić information content (AvgIpc) is 2.70. The van der Waals surface area contributed by atoms with Gasteiger partial charge in [-0.15, -0.1) is 0 Å². The molecule has 2 N–H and O–H groups in total. The predicted octanol–water partition coefficient (Wildman–Crippen LogP) is 0.693. The molecule has 0 aromatic carbocycles. The van der Waals surface area contributed by atoms with Crippen molar-refractivity contribution in [2.75, 3.05) is 14.1 Å². The Morgan fingerprint density at radius 1 is 1.33 bits per heavy atom. The highest BCUT2D eigenvalue weighted by atomic mass is 32.1. The maximum Gasteiger partial charge on any atom is 0.127 e. The van der Waals surface area contributed by atoms with Crippen molar-refractivity contribution in [3.63, 3.8) is 0 Å². The van der Waals surface area contributed by atoms with E-state index in [1.807, 2.05) is 11.5 Å². The first-order valence-corrected chi connectivity index (χ1v) is 5.46. The highest BCUT2D eigenvalue weighted by Crippen LogP contribution is 2.09. The molecule has 1 rings (SSSR count). The van der Waals surface area contributed by atoms with Crippen molar-refractivity contribution in [2.45, 2.75) is 13.5 Å². The van der Waals surface area contributed by atoms with Gasteiger partial charge >= 0.3 is 0 Å². The third kappa shape index (κ3) is 2.32. The van der Waals surface area contributed by atoms with Crippen LogP contribution in [0.3, 0.4) is 0 Å². The molecule has 4 nitrogen and oxygen atoms in total. The van der Waals surface area contributed by atoms with Crippen LogP contribution in [-0.4, -0.2) is 33.6 Å². The van der Waals surface area contributed by atoms with Gasteiger partial charge in [0.2, 0.25) is 0 Å². The van der Waals surface area contributed by atoms with Gasteiger partial charge in [-0.3, -0.25) is 0 Å². The van der Waals surface area contributed by atoms with Crippen molar-refractivity contribution in [2.24, 2.45) is 0 Å². The second-order valence-corrected chi connectivity index (χ2v) is 3.70. The SMILES string of the molecule is CCn1cnc(C(=S)NC)c1C(=S)NC. The van der Waals surface area contributed by atoms with E-state index in [2.05, 4.69) is 15.6 Å². The minimum absolute atomic E-state index is 0.606. The molecule has 0 atom stereocenters. The average molecular weight is 242 g/mol. The molecule has 82 valence electrons. The first-order valence-electron chi connectivity index (χ1n) is 4.65. The monoisotopic (exact) mass is 242 g/mol. The molecule has 0 aliphatic heterocycles. The number of hydrogen-bond acceptors (Lipinski definition) is 3. The standard InChI is InChI=1S/C9H14N4S2/c1-4-13-5-12-6(8(14)10-2)7(13)9(15)11-3/h5H,4H2,1-3H3,(H,10,14)(H,11,15). The Labute approximate surface area is 100 Å². The highest BCUT2D eigenvalue weighted by Gasteiger charge is 2.16. The Balaban J connectivity index is 3.23. The fraction of sp³-hybridized carbons (Fsp3) is 0.444. The molecule has 15 heavy (non-hydrogen) atoms. The molecule has 0 saturated heterocycles. The summed E-state index contributed by atoms with van der Waals surface area (Å²) in [5.74, 6) is 0. The van der Waals surface area contributed by atoms with Crippen LogP contribution in [0, 0.1) is 0 Å². The van der Waals surface area contributed by atoms with E-state index < -0.39 is 0 Å². The number of rotatable bonds is 3. The van der Waals surface area contributed by atoms with E-state index in [9.17, 15) is 0 Å². The third-order valence-electron chi connectivity index (χ3n) is 2.06. The van der Waals surface area contributed by atoms with Crippen LogP contribution in [0.25, 0.3) is 0 Å². The maximum atomic E-state index is 5.22. The van der Waals surface area contributed by atoms with Gasteiger partial charge in [-0.1, -0.05) is 24.4 Å². The topological polar surface area (TPSA) is 41.9 Å². The van der Waals surface area contributed by atoms with Gasteiger partial charge in [0.25, 0.3) is 0 Å². The van der Waals surface area contributed by atoms with Crippen molar-refractivity contribution in [3.8, 4) is 0 Å². The molecule has 0 fully saturated rings. The quantitative estimate of drug-likeness (QED) is 0.764. The van der Waals surface area contributed by atoms with Crippen molar-refractivity contribution in [1.82, 2.24) is 20.2 Å². The molecule has 1 heterocycles. The molecule has 1 aromatic heterocycles. The van der Waals surface area contributed by atoms with E-state index in [1.54, 1.807) is 20.4 Å². The first kappa shape index (κ1) is 12.1. The minimum Gasteiger partial charge on any atom is -0.378 e. The largest absolute Gasteiger partial charge is 0.378 e. The van der Waals surface area contributed by atoms with Crippen LogP contribution in [0.4, 0.5) is 0 Å². The van der Waals surface area contributed by atoms with Crippen LogP contribution in [0.1, 0.15) is 18.3 Å². The number of aryl methyl sites for hydroxylation is 1. The Morgan fingerprint density at radius 2 is 1.93 bits per heavy atom. The number of nitrogens with one attached hydrogen (secondary N) is 2. The van der Waals surface area contributed by atoms with Gasteiger partial charge in [0.15, 0.2) is 0 Å². The number of imidazole rings is 1. The summed E-state index contributed by atoms with van der Waals surface area (Å²) in [6.45, 7) is 2.85. The van der Waals surface area contributed by atoms with Crippen molar-refractivity contribution < 1.29 is 0 Å². The van der Waals surface area contributed by atoms with Gasteiger partial charge in [-0.05, 0) is 6.92 Å². The van der Waals surface area contributed by atoms with E-state index in [0.717, 1.165) is 17.9 Å². The normalized spacial score (nSPS) is 9.80. The van der Waals surface area contributed by atoms with E-state index in [4.69, 9.17) is 24.4 Å². The summed E-state index contributed by atoms with van der Waals surface area (Å²) in [4.78, 5) is 5.52. The van der Waals surface area contributed by atoms with E-state index in [0.29, 0.717) is 9.98 Å². The molecule has 0 amide bonds. The van der Waals surface area contributed by atoms with Crippen molar-refractivity contribution >= 4 is 34.4 Å². The molecule has 0 radical (unpaired) electrons. The zero-order valence-electron chi connectivity index (χ0n) is 9.00. The van der Waals surface area contributed by atoms with Crippen LogP contribution in [0.5, 0.6) is 0 Å². The first-order chi connectivity index (χ1) is 7.15. The lowest BCUT2D eigenvalue weighted by Crippen LogP contribution is -2.26. The number of thiocarbonyl (C=S) groups is 2. The Hall–Kier alpha value is -1.01. The van der Waals surface area contributed by atoms with Crippen LogP contribution in [0.15, 0.2) is 6.33 Å². The molecule has 0 bridgehead atoms. The lowest BCUT2D eigenvalue weighted by Gasteiger charge is -2.09. The highest BCUT2D eigenvalue weighted by molar-refractivity contribution is 7.81. The van der Waals surface area contributed by atoms with Gasteiger partial charge in [-0.25, -0.2) is 4.98 Å². The van der Waals surface area contributed by atoms with Crippen LogP contribution in [0.2, 0.25) is 0 Å². The Kier molecular flexibility index (Phi) is 4.16. The fourth-order valence-electron chi connectivity index (χ4n) is 1.26. The van der Waals surface area contributed by atoms with E-state index in [1.165, 1.54) is 0 Å². The predicted molar refractivity (Wildman–Crippen MR) is 69.4 cm³/mol. The molecule has 0 saturated carbocycles. The van der Waals surface area contributed by atoms with E-state index in [-0.39, 0.29) is 0 Å². The Bertz CT molecular complexity index is 383. The smallest absolute Gasteiger partial charge is 0.127 e. The van der Waals surface area contributed by atoms with Gasteiger partial charge in [0.05, 0.1) is 6.33 Å². The summed E-state index contributed by atoms with van der Waals surface area (Å²) >= 11 is 10.4. The van der Waals surface area contributed by atoms with E-state index >= 15 is 0 Å². The van der Waals surface area contributed by atoms with Crippen molar-refractivity contribution in [1.29, 1.82) is 0 Å². The Morgan fingerprint density at radius 3 is 2.40 bits per heavy atom. The molecule has 0 unspecified atom stereocenters. The molecular formula is C9H14N4S2. The van der Waals surface area contributed by atoms with Gasteiger partial charge in [0, 0.05) is 20.6 Å². The summed E-state index contributed by atoms with van der Waals surface area (Å²) in [5.41, 5.74) is 1.60. The van der Waals surface area contributed by atoms with Crippen molar-refractivity contribution in [3.05, 3.63) is 17.7 Å². The molecule has 6 heteroatoms. The number of aromatic nitrogens is 2.